The lowest BCUT2D eigenvalue weighted by Crippen LogP contribution is -2.49. The number of carbonyl (C=O) groups excluding carboxylic acids is 1. The summed E-state index contributed by atoms with van der Waals surface area (Å²) in [6, 6.07) is 6.77. The molecule has 35 heavy (non-hydrogen) atoms. The van der Waals surface area contributed by atoms with Gasteiger partial charge in [0.05, 0.1) is 49.8 Å². The third-order valence-electron chi connectivity index (χ3n) is 6.37. The van der Waals surface area contributed by atoms with E-state index in [1.54, 1.807) is 41.3 Å². The molecule has 0 saturated carbocycles. The molecule has 3 heterocycles. The molecule has 1 aromatic carbocycles. The van der Waals surface area contributed by atoms with E-state index < -0.39 is 30.6 Å². The lowest BCUT2D eigenvalue weighted by molar-refractivity contribution is -0.220. The minimum Gasteiger partial charge on any atom is -0.497 e. The van der Waals surface area contributed by atoms with Crippen molar-refractivity contribution in [2.75, 3.05) is 33.4 Å². The Labute approximate surface area is 205 Å². The molecule has 192 valence electrons. The fraction of sp³-hybridized carbons (Fsp3) is 0.565. The number of alkyl halides is 3. The molecule has 2 fully saturated rings. The first-order valence-corrected chi connectivity index (χ1v) is 11.6. The molecule has 2 aliphatic rings. The van der Waals surface area contributed by atoms with E-state index in [0.717, 1.165) is 0 Å². The predicted octanol–water partition coefficient (Wildman–Crippen LogP) is 4.63. The number of aromatic nitrogens is 2. The van der Waals surface area contributed by atoms with Crippen LogP contribution in [0.25, 0.3) is 0 Å². The standard InChI is InChI=1S/C23H27ClF3N3O5/c1-32-19-4-2-16(3-5-19)13-33-15-20(23(25,26)27)35-21(31)29-8-6-22(7-9-29)10-18(14-34-22)30-12-17(24)11-28-30/h2-5,11-12,18,20H,6-10,13-15H2,1H3. The molecule has 2 unspecified atom stereocenters. The van der Waals surface area contributed by atoms with E-state index in [1.165, 1.54) is 12.0 Å². The maximum atomic E-state index is 13.5. The summed E-state index contributed by atoms with van der Waals surface area (Å²) in [6.07, 6.45) is -3.14. The Hall–Kier alpha value is -2.50. The Morgan fingerprint density at radius 1 is 1.29 bits per heavy atom. The quantitative estimate of drug-likeness (QED) is 0.533. The number of carbonyl (C=O) groups is 1. The molecule has 8 nitrogen and oxygen atoms in total. The van der Waals surface area contributed by atoms with Crippen molar-refractivity contribution in [2.45, 2.75) is 49.8 Å². The van der Waals surface area contributed by atoms with Gasteiger partial charge in [0.2, 0.25) is 6.10 Å². The molecule has 4 rings (SSSR count). The monoisotopic (exact) mass is 517 g/mol. The van der Waals surface area contributed by atoms with Crippen LogP contribution in [0.1, 0.15) is 30.9 Å². The van der Waals surface area contributed by atoms with Crippen LogP contribution in [0.15, 0.2) is 36.7 Å². The summed E-state index contributed by atoms with van der Waals surface area (Å²) in [5.41, 5.74) is 0.233. The van der Waals surface area contributed by atoms with E-state index in [1.807, 2.05) is 0 Å². The average molecular weight is 518 g/mol. The van der Waals surface area contributed by atoms with Crippen molar-refractivity contribution in [3.8, 4) is 5.75 Å². The molecule has 1 aromatic heterocycles. The third kappa shape index (κ3) is 6.39. The summed E-state index contributed by atoms with van der Waals surface area (Å²) in [4.78, 5) is 13.8. The number of likely N-dealkylation sites (tertiary alicyclic amines) is 1. The van der Waals surface area contributed by atoms with Crippen molar-refractivity contribution in [3.05, 3.63) is 47.2 Å². The number of methoxy groups -OCH3 is 1. The maximum Gasteiger partial charge on any atom is 0.427 e. The molecule has 0 bridgehead atoms. The van der Waals surface area contributed by atoms with Gasteiger partial charge >= 0.3 is 12.3 Å². The first kappa shape index (κ1) is 25.6. The largest absolute Gasteiger partial charge is 0.497 e. The van der Waals surface area contributed by atoms with Crippen LogP contribution in [0.4, 0.5) is 18.0 Å². The van der Waals surface area contributed by atoms with Crippen molar-refractivity contribution in [1.82, 2.24) is 14.7 Å². The van der Waals surface area contributed by atoms with Crippen molar-refractivity contribution in [3.63, 3.8) is 0 Å². The number of ether oxygens (including phenoxy) is 4. The molecule has 12 heteroatoms. The Morgan fingerprint density at radius 3 is 2.60 bits per heavy atom. The predicted molar refractivity (Wildman–Crippen MR) is 119 cm³/mol. The Bertz CT molecular complexity index is 993. The van der Waals surface area contributed by atoms with Crippen LogP contribution in [0.3, 0.4) is 0 Å². The molecule has 2 atom stereocenters. The number of rotatable bonds is 7. The first-order valence-electron chi connectivity index (χ1n) is 11.2. The average Bonchev–Trinajstić information content (AvgIpc) is 3.45. The third-order valence-corrected chi connectivity index (χ3v) is 6.57. The van der Waals surface area contributed by atoms with E-state index in [-0.39, 0.29) is 25.7 Å². The van der Waals surface area contributed by atoms with Crippen LogP contribution in [0.5, 0.6) is 5.75 Å². The van der Waals surface area contributed by atoms with Gasteiger partial charge in [-0.05, 0) is 30.5 Å². The first-order chi connectivity index (χ1) is 16.7. The zero-order chi connectivity index (χ0) is 25.1. The van der Waals surface area contributed by atoms with E-state index in [9.17, 15) is 18.0 Å². The van der Waals surface area contributed by atoms with Crippen molar-refractivity contribution in [1.29, 1.82) is 0 Å². The number of hydrogen-bond acceptors (Lipinski definition) is 6. The minimum atomic E-state index is -4.75. The van der Waals surface area contributed by atoms with Crippen LogP contribution in [0, 0.1) is 0 Å². The van der Waals surface area contributed by atoms with Gasteiger partial charge < -0.3 is 23.8 Å². The second-order valence-corrected chi connectivity index (χ2v) is 9.19. The molecule has 2 aliphatic heterocycles. The molecule has 0 aliphatic carbocycles. The van der Waals surface area contributed by atoms with Crippen LogP contribution >= 0.6 is 11.6 Å². The SMILES string of the molecule is COc1ccc(COCC(OC(=O)N2CCC3(CC2)CC(n2cc(Cl)cn2)CO3)C(F)(F)F)cc1. The second-order valence-electron chi connectivity index (χ2n) is 8.75. The molecule has 0 radical (unpaired) electrons. The smallest absolute Gasteiger partial charge is 0.427 e. The van der Waals surface area contributed by atoms with Gasteiger partial charge in [-0.15, -0.1) is 0 Å². The Morgan fingerprint density at radius 2 is 2.00 bits per heavy atom. The molecule has 0 N–H and O–H groups in total. The Balaban J connectivity index is 1.26. The minimum absolute atomic E-state index is 0.0264. The van der Waals surface area contributed by atoms with E-state index in [2.05, 4.69) is 5.10 Å². The van der Waals surface area contributed by atoms with Crippen molar-refractivity contribution >= 4 is 17.7 Å². The fourth-order valence-electron chi connectivity index (χ4n) is 4.35. The van der Waals surface area contributed by atoms with Gasteiger partial charge in [0.25, 0.3) is 0 Å². The Kier molecular flexibility index (Phi) is 7.77. The van der Waals surface area contributed by atoms with Crippen LogP contribution in [0.2, 0.25) is 5.02 Å². The number of halogens is 4. The summed E-state index contributed by atoms with van der Waals surface area (Å²) in [7, 11) is 1.52. The second kappa shape index (κ2) is 10.6. The number of benzene rings is 1. The molecule has 2 aromatic rings. The van der Waals surface area contributed by atoms with Crippen LogP contribution in [-0.2, 0) is 20.8 Å². The molecular weight excluding hydrogens is 491 g/mol. The zero-order valence-electron chi connectivity index (χ0n) is 19.2. The van der Waals surface area contributed by atoms with Crippen LogP contribution in [-0.4, -0.2) is 72.1 Å². The number of piperidine rings is 1. The van der Waals surface area contributed by atoms with Gasteiger partial charge in [-0.3, -0.25) is 4.68 Å². The fourth-order valence-corrected chi connectivity index (χ4v) is 4.49. The van der Waals surface area contributed by atoms with E-state index >= 15 is 0 Å². The van der Waals surface area contributed by atoms with Gasteiger partial charge in [-0.1, -0.05) is 23.7 Å². The highest BCUT2D eigenvalue weighted by molar-refractivity contribution is 6.30. The van der Waals surface area contributed by atoms with Gasteiger partial charge in [0.15, 0.2) is 0 Å². The van der Waals surface area contributed by atoms with Gasteiger partial charge in [-0.25, -0.2) is 4.79 Å². The lowest BCUT2D eigenvalue weighted by Gasteiger charge is -2.38. The molecule has 1 amide bonds. The molecule has 1 spiro atoms. The highest BCUT2D eigenvalue weighted by Crippen LogP contribution is 2.41. The summed E-state index contributed by atoms with van der Waals surface area (Å²) < 4.78 is 63.3. The maximum absolute atomic E-state index is 13.5. The number of amides is 1. The highest BCUT2D eigenvalue weighted by Gasteiger charge is 2.47. The van der Waals surface area contributed by atoms with E-state index in [4.69, 9.17) is 30.5 Å². The van der Waals surface area contributed by atoms with Crippen molar-refractivity contribution < 1.29 is 36.9 Å². The van der Waals surface area contributed by atoms with Gasteiger partial charge in [-0.2, -0.15) is 18.3 Å². The summed E-state index contributed by atoms with van der Waals surface area (Å²) in [5.74, 6) is 0.628. The summed E-state index contributed by atoms with van der Waals surface area (Å²) >= 11 is 5.94. The summed E-state index contributed by atoms with van der Waals surface area (Å²) in [5, 5.41) is 4.76. The summed E-state index contributed by atoms with van der Waals surface area (Å²) in [6.45, 7) is 0.0894. The topological polar surface area (TPSA) is 75.1 Å². The van der Waals surface area contributed by atoms with Crippen molar-refractivity contribution in [2.24, 2.45) is 0 Å². The number of hydrogen-bond donors (Lipinski definition) is 0. The molecular formula is C23H27ClF3N3O5. The highest BCUT2D eigenvalue weighted by atomic mass is 35.5. The normalized spacial score (nSPS) is 20.7. The van der Waals surface area contributed by atoms with E-state index in [0.29, 0.717) is 42.2 Å². The zero-order valence-corrected chi connectivity index (χ0v) is 19.9. The van der Waals surface area contributed by atoms with Gasteiger partial charge in [0, 0.05) is 25.7 Å². The van der Waals surface area contributed by atoms with Gasteiger partial charge in [0.1, 0.15) is 5.75 Å². The lowest BCUT2D eigenvalue weighted by atomic mass is 9.87. The van der Waals surface area contributed by atoms with Crippen LogP contribution < -0.4 is 4.74 Å². The number of nitrogens with zero attached hydrogens (tertiary/aromatic N) is 3. The molecule has 2 saturated heterocycles.